The van der Waals surface area contributed by atoms with Gasteiger partial charge in [-0.05, 0) is 35.9 Å². The van der Waals surface area contributed by atoms with Crippen molar-refractivity contribution in [2.45, 2.75) is 5.88 Å². The summed E-state index contributed by atoms with van der Waals surface area (Å²) in [7, 11) is 0. The van der Waals surface area contributed by atoms with Gasteiger partial charge in [-0.3, -0.25) is 0 Å². The average Bonchev–Trinajstić information content (AvgIpc) is 2.34. The summed E-state index contributed by atoms with van der Waals surface area (Å²) in [6.45, 7) is 0. The van der Waals surface area contributed by atoms with Gasteiger partial charge in [0.05, 0.1) is 5.02 Å². The molecule has 94 valence electrons. The summed E-state index contributed by atoms with van der Waals surface area (Å²) < 4.78 is 19.1. The van der Waals surface area contributed by atoms with E-state index in [0.717, 1.165) is 0 Å². The summed E-state index contributed by atoms with van der Waals surface area (Å²) >= 11 is 17.3. The molecule has 0 N–H and O–H groups in total. The van der Waals surface area contributed by atoms with Crippen LogP contribution in [0, 0.1) is 5.82 Å². The lowest BCUT2D eigenvalue weighted by molar-refractivity contribution is 0.442. The van der Waals surface area contributed by atoms with Crippen molar-refractivity contribution in [1.82, 2.24) is 0 Å². The van der Waals surface area contributed by atoms with Crippen LogP contribution in [0.2, 0.25) is 10.0 Å². The third-order valence-corrected chi connectivity index (χ3v) is 3.10. The molecule has 0 aliphatic carbocycles. The molecule has 0 spiro atoms. The maximum atomic E-state index is 13.7. The van der Waals surface area contributed by atoms with Crippen molar-refractivity contribution in [2.75, 3.05) is 0 Å². The number of halogens is 4. The zero-order chi connectivity index (χ0) is 13.1. The monoisotopic (exact) mass is 304 g/mol. The highest BCUT2D eigenvalue weighted by atomic mass is 35.5. The molecule has 0 saturated heterocycles. The lowest BCUT2D eigenvalue weighted by Gasteiger charge is -2.09. The zero-order valence-corrected chi connectivity index (χ0v) is 11.4. The normalized spacial score (nSPS) is 10.4. The average molecular weight is 306 g/mol. The van der Waals surface area contributed by atoms with E-state index in [-0.39, 0.29) is 11.6 Å². The third-order valence-electron chi connectivity index (χ3n) is 2.26. The minimum Gasteiger partial charge on any atom is -0.453 e. The molecule has 1 nitrogen and oxygen atoms in total. The highest BCUT2D eigenvalue weighted by Gasteiger charge is 2.08. The Morgan fingerprint density at radius 1 is 1.00 bits per heavy atom. The first kappa shape index (κ1) is 13.5. The molecule has 2 aromatic rings. The van der Waals surface area contributed by atoms with Crippen LogP contribution < -0.4 is 4.74 Å². The quantitative estimate of drug-likeness (QED) is 0.664. The minimum atomic E-state index is -0.487. The Morgan fingerprint density at radius 2 is 1.72 bits per heavy atom. The van der Waals surface area contributed by atoms with Gasteiger partial charge in [0.25, 0.3) is 0 Å². The fraction of sp³-hybridized carbons (Fsp3) is 0.0769. The minimum absolute atomic E-state index is 0.0908. The second-order valence-corrected chi connectivity index (χ2v) is 4.69. The second kappa shape index (κ2) is 5.79. The van der Waals surface area contributed by atoms with Gasteiger partial charge in [0.2, 0.25) is 0 Å². The smallest absolute Gasteiger partial charge is 0.166 e. The van der Waals surface area contributed by atoms with Crippen molar-refractivity contribution in [3.63, 3.8) is 0 Å². The summed E-state index contributed by atoms with van der Waals surface area (Å²) in [6, 6.07) is 9.26. The summed E-state index contributed by atoms with van der Waals surface area (Å²) in [6.07, 6.45) is 0. The van der Waals surface area contributed by atoms with E-state index in [2.05, 4.69) is 0 Å². The number of hydrogen-bond acceptors (Lipinski definition) is 1. The van der Waals surface area contributed by atoms with E-state index in [1.54, 1.807) is 18.2 Å². The van der Waals surface area contributed by atoms with Gasteiger partial charge in [0, 0.05) is 10.9 Å². The van der Waals surface area contributed by atoms with Gasteiger partial charge in [0.15, 0.2) is 11.6 Å². The van der Waals surface area contributed by atoms with Crippen LogP contribution in [0.5, 0.6) is 11.5 Å². The van der Waals surface area contributed by atoms with E-state index in [4.69, 9.17) is 39.5 Å². The Morgan fingerprint density at radius 3 is 2.33 bits per heavy atom. The molecule has 2 aromatic carbocycles. The molecule has 0 heterocycles. The van der Waals surface area contributed by atoms with Crippen LogP contribution in [-0.4, -0.2) is 0 Å². The molecule has 0 saturated carbocycles. The maximum Gasteiger partial charge on any atom is 0.166 e. The molecule has 0 unspecified atom stereocenters. The summed E-state index contributed by atoms with van der Waals surface area (Å²) in [5, 5.41) is 0.814. The van der Waals surface area contributed by atoms with Crippen molar-refractivity contribution in [3.8, 4) is 11.5 Å². The predicted molar refractivity (Wildman–Crippen MR) is 72.5 cm³/mol. The molecule has 0 amide bonds. The van der Waals surface area contributed by atoms with Crippen LogP contribution in [0.4, 0.5) is 4.39 Å². The van der Waals surface area contributed by atoms with E-state index >= 15 is 0 Å². The van der Waals surface area contributed by atoms with Gasteiger partial charge in [0.1, 0.15) is 5.75 Å². The first-order chi connectivity index (χ1) is 8.60. The van der Waals surface area contributed by atoms with Crippen LogP contribution in [0.1, 0.15) is 5.56 Å². The molecule has 5 heteroatoms. The molecule has 0 fully saturated rings. The van der Waals surface area contributed by atoms with Gasteiger partial charge < -0.3 is 4.74 Å². The Hall–Kier alpha value is -0.960. The maximum absolute atomic E-state index is 13.7. The molecule has 0 bridgehead atoms. The molecule has 18 heavy (non-hydrogen) atoms. The highest BCUT2D eigenvalue weighted by molar-refractivity contribution is 6.35. The second-order valence-electron chi connectivity index (χ2n) is 3.58. The van der Waals surface area contributed by atoms with Crippen LogP contribution in [-0.2, 0) is 5.88 Å². The lowest BCUT2D eigenvalue weighted by atomic mass is 10.2. The summed E-state index contributed by atoms with van der Waals surface area (Å²) in [5.74, 6) is 0.199. The van der Waals surface area contributed by atoms with E-state index in [1.807, 2.05) is 0 Å². The molecule has 0 aliphatic heterocycles. The summed E-state index contributed by atoms with van der Waals surface area (Å²) in [5.41, 5.74) is 0.684. The fourth-order valence-electron chi connectivity index (χ4n) is 1.39. The molecule has 0 aromatic heterocycles. The van der Waals surface area contributed by atoms with Crippen LogP contribution in [0.15, 0.2) is 36.4 Å². The zero-order valence-electron chi connectivity index (χ0n) is 9.09. The topological polar surface area (TPSA) is 9.23 Å². The van der Waals surface area contributed by atoms with Gasteiger partial charge in [-0.1, -0.05) is 29.3 Å². The van der Waals surface area contributed by atoms with Gasteiger partial charge in [-0.25, -0.2) is 4.39 Å². The molecule has 0 aliphatic rings. The van der Waals surface area contributed by atoms with Crippen molar-refractivity contribution in [3.05, 3.63) is 57.8 Å². The Kier molecular flexibility index (Phi) is 4.33. The standard InChI is InChI=1S/C13H8Cl3FO/c14-7-8-1-3-13(11(17)5-8)18-12-4-2-9(15)6-10(12)16/h1-6H,7H2. The van der Waals surface area contributed by atoms with E-state index < -0.39 is 5.82 Å². The predicted octanol–water partition coefficient (Wildman–Crippen LogP) is 5.66. The van der Waals surface area contributed by atoms with Crippen LogP contribution >= 0.6 is 34.8 Å². The van der Waals surface area contributed by atoms with Crippen LogP contribution in [0.3, 0.4) is 0 Å². The SMILES string of the molecule is Fc1cc(CCl)ccc1Oc1ccc(Cl)cc1Cl. The van der Waals surface area contributed by atoms with Crippen molar-refractivity contribution < 1.29 is 9.13 Å². The highest BCUT2D eigenvalue weighted by Crippen LogP contribution is 2.32. The Labute approximate surface area is 119 Å². The number of alkyl halides is 1. The Bertz CT molecular complexity index is 572. The number of benzene rings is 2. The first-order valence-electron chi connectivity index (χ1n) is 5.07. The van der Waals surface area contributed by atoms with Crippen molar-refractivity contribution in [1.29, 1.82) is 0 Å². The van der Waals surface area contributed by atoms with Crippen molar-refractivity contribution in [2.24, 2.45) is 0 Å². The van der Waals surface area contributed by atoms with Gasteiger partial charge in [-0.2, -0.15) is 0 Å². The molecular weight excluding hydrogens is 297 g/mol. The number of hydrogen-bond donors (Lipinski definition) is 0. The molecule has 0 atom stereocenters. The fourth-order valence-corrected chi connectivity index (χ4v) is 2.00. The van der Waals surface area contributed by atoms with Gasteiger partial charge in [-0.15, -0.1) is 11.6 Å². The Balaban J connectivity index is 2.28. The first-order valence-corrected chi connectivity index (χ1v) is 6.36. The number of ether oxygens (including phenoxy) is 1. The van der Waals surface area contributed by atoms with E-state index in [0.29, 0.717) is 21.4 Å². The van der Waals surface area contributed by atoms with Gasteiger partial charge >= 0.3 is 0 Å². The van der Waals surface area contributed by atoms with Crippen molar-refractivity contribution >= 4 is 34.8 Å². The van der Waals surface area contributed by atoms with E-state index in [1.165, 1.54) is 18.2 Å². The lowest BCUT2D eigenvalue weighted by Crippen LogP contribution is -1.90. The molecule has 0 radical (unpaired) electrons. The van der Waals surface area contributed by atoms with Crippen LogP contribution in [0.25, 0.3) is 0 Å². The van der Waals surface area contributed by atoms with E-state index in [9.17, 15) is 4.39 Å². The largest absolute Gasteiger partial charge is 0.453 e. The molecule has 2 rings (SSSR count). The summed E-state index contributed by atoms with van der Waals surface area (Å²) in [4.78, 5) is 0. The molecular formula is C13H8Cl3FO. The third kappa shape index (κ3) is 3.08. The number of rotatable bonds is 3.